The summed E-state index contributed by atoms with van der Waals surface area (Å²) in [5.41, 5.74) is 1.80. The van der Waals surface area contributed by atoms with Gasteiger partial charge in [-0.05, 0) is 70.6 Å². The molecule has 0 heterocycles. The summed E-state index contributed by atoms with van der Waals surface area (Å²) < 4.78 is 45.0. The van der Waals surface area contributed by atoms with Crippen molar-refractivity contribution < 1.29 is 22.8 Å². The van der Waals surface area contributed by atoms with Gasteiger partial charge in [-0.15, -0.1) is 0 Å². The van der Waals surface area contributed by atoms with Crippen molar-refractivity contribution in [3.05, 3.63) is 95.0 Å². The number of hydrogen-bond acceptors (Lipinski definition) is 5. The highest BCUT2D eigenvalue weighted by molar-refractivity contribution is 14.1. The Morgan fingerprint density at radius 2 is 1.88 bits per heavy atom. The molecule has 0 unspecified atom stereocenters. The van der Waals surface area contributed by atoms with Gasteiger partial charge in [0.25, 0.3) is 5.69 Å². The summed E-state index contributed by atoms with van der Waals surface area (Å²) in [6, 6.07) is 12.4. The lowest BCUT2D eigenvalue weighted by Gasteiger charge is -2.10. The molecule has 0 radical (unpaired) electrons. The molecule has 3 rings (SSSR count). The molecule has 0 saturated heterocycles. The van der Waals surface area contributed by atoms with Gasteiger partial charge in [-0.2, -0.15) is 18.3 Å². The molecule has 6 nitrogen and oxygen atoms in total. The van der Waals surface area contributed by atoms with Crippen molar-refractivity contribution in [1.82, 2.24) is 0 Å². The van der Waals surface area contributed by atoms with Crippen molar-refractivity contribution >= 4 is 63.4 Å². The second kappa shape index (κ2) is 10.6. The van der Waals surface area contributed by atoms with E-state index in [0.717, 1.165) is 21.3 Å². The summed E-state index contributed by atoms with van der Waals surface area (Å²) in [6.45, 7) is 0.235. The number of nitro benzene ring substituents is 1. The lowest BCUT2D eigenvalue weighted by atomic mass is 10.1. The summed E-state index contributed by atoms with van der Waals surface area (Å²) in [6.07, 6.45) is -3.31. The van der Waals surface area contributed by atoms with Crippen molar-refractivity contribution in [3.63, 3.8) is 0 Å². The van der Waals surface area contributed by atoms with Gasteiger partial charge < -0.3 is 4.74 Å². The maximum atomic E-state index is 12.8. The molecule has 0 aliphatic heterocycles. The van der Waals surface area contributed by atoms with Gasteiger partial charge in [0, 0.05) is 21.7 Å². The Hall–Kier alpha value is -2.57. The normalized spacial score (nSPS) is 11.6. The van der Waals surface area contributed by atoms with Crippen LogP contribution in [0, 0.1) is 13.7 Å². The van der Waals surface area contributed by atoms with Crippen LogP contribution in [-0.4, -0.2) is 11.1 Å². The Morgan fingerprint density at radius 1 is 1.12 bits per heavy atom. The van der Waals surface area contributed by atoms with E-state index in [1.807, 2.05) is 0 Å². The molecule has 33 heavy (non-hydrogen) atoms. The fourth-order valence-corrected chi connectivity index (χ4v) is 3.80. The van der Waals surface area contributed by atoms with Gasteiger partial charge >= 0.3 is 6.18 Å². The van der Waals surface area contributed by atoms with Crippen LogP contribution < -0.4 is 10.2 Å². The summed E-state index contributed by atoms with van der Waals surface area (Å²) >= 11 is 14.1. The first-order valence-corrected chi connectivity index (χ1v) is 10.9. The molecule has 12 heteroatoms. The van der Waals surface area contributed by atoms with E-state index < -0.39 is 22.4 Å². The van der Waals surface area contributed by atoms with Crippen LogP contribution in [0.25, 0.3) is 0 Å². The number of nitrogens with one attached hydrogen (secondary N) is 1. The molecule has 1 N–H and O–H groups in total. The van der Waals surface area contributed by atoms with E-state index in [9.17, 15) is 23.3 Å². The minimum atomic E-state index is -4.69. The fraction of sp³-hybridized carbons (Fsp3) is 0.0952. The summed E-state index contributed by atoms with van der Waals surface area (Å²) in [5, 5.41) is 16.0. The quantitative estimate of drug-likeness (QED) is 0.130. The van der Waals surface area contributed by atoms with Crippen molar-refractivity contribution in [2.24, 2.45) is 5.10 Å². The first-order chi connectivity index (χ1) is 15.5. The molecule has 0 atom stereocenters. The first kappa shape index (κ1) is 25.1. The molecule has 172 valence electrons. The Morgan fingerprint density at radius 3 is 2.52 bits per heavy atom. The van der Waals surface area contributed by atoms with Gasteiger partial charge in [-0.3, -0.25) is 15.5 Å². The van der Waals surface area contributed by atoms with Crippen LogP contribution in [-0.2, 0) is 12.8 Å². The predicted molar refractivity (Wildman–Crippen MR) is 129 cm³/mol. The van der Waals surface area contributed by atoms with Gasteiger partial charge in [-0.1, -0.05) is 29.3 Å². The average Bonchev–Trinajstić information content (AvgIpc) is 2.73. The largest absolute Gasteiger partial charge is 0.488 e. The maximum Gasteiger partial charge on any atom is 0.416 e. The molecular weight excluding hydrogens is 597 g/mol. The number of anilines is 1. The van der Waals surface area contributed by atoms with Crippen molar-refractivity contribution in [1.29, 1.82) is 0 Å². The minimum Gasteiger partial charge on any atom is -0.488 e. The van der Waals surface area contributed by atoms with Crippen molar-refractivity contribution in [2.45, 2.75) is 12.8 Å². The standard InChI is InChI=1S/C21H13Cl2F3IN3O3/c22-15-4-2-13(16(23)9-15)11-33-20-6-1-12(7-17(20)27)10-28-29-18-5-3-14(21(24,25)26)8-19(18)30(31)32/h1-10,29H,11H2/b28-10-. The molecule has 0 aliphatic rings. The third kappa shape index (κ3) is 6.71. The van der Waals surface area contributed by atoms with Crippen LogP contribution in [0.5, 0.6) is 5.75 Å². The highest BCUT2D eigenvalue weighted by atomic mass is 127. The highest BCUT2D eigenvalue weighted by Gasteiger charge is 2.33. The number of ether oxygens (including phenoxy) is 1. The Kier molecular flexibility index (Phi) is 8.03. The zero-order valence-electron chi connectivity index (χ0n) is 16.4. The number of hydrogen-bond donors (Lipinski definition) is 1. The lowest BCUT2D eigenvalue weighted by Crippen LogP contribution is -2.06. The summed E-state index contributed by atoms with van der Waals surface area (Å²) in [7, 11) is 0. The van der Waals surface area contributed by atoms with Crippen LogP contribution in [0.1, 0.15) is 16.7 Å². The lowest BCUT2D eigenvalue weighted by molar-refractivity contribution is -0.384. The van der Waals surface area contributed by atoms with E-state index in [4.69, 9.17) is 27.9 Å². The molecule has 0 amide bonds. The molecule has 0 bridgehead atoms. The molecular formula is C21H13Cl2F3IN3O3. The van der Waals surface area contributed by atoms with E-state index in [1.165, 1.54) is 6.21 Å². The first-order valence-electron chi connectivity index (χ1n) is 9.05. The van der Waals surface area contributed by atoms with Gasteiger partial charge in [0.15, 0.2) is 0 Å². The number of benzene rings is 3. The average molecular weight is 610 g/mol. The molecule has 0 spiro atoms. The fourth-order valence-electron chi connectivity index (χ4n) is 2.64. The number of nitro groups is 1. The third-order valence-electron chi connectivity index (χ3n) is 4.27. The number of rotatable bonds is 7. The van der Waals surface area contributed by atoms with E-state index >= 15 is 0 Å². The maximum absolute atomic E-state index is 12.8. The van der Waals surface area contributed by atoms with E-state index in [0.29, 0.717) is 27.4 Å². The number of hydrazone groups is 1. The van der Waals surface area contributed by atoms with Gasteiger partial charge in [0.2, 0.25) is 0 Å². The van der Waals surface area contributed by atoms with Crippen LogP contribution >= 0.6 is 45.8 Å². The smallest absolute Gasteiger partial charge is 0.416 e. The third-order valence-corrected chi connectivity index (χ3v) is 5.70. The highest BCUT2D eigenvalue weighted by Crippen LogP contribution is 2.35. The Balaban J connectivity index is 1.68. The monoisotopic (exact) mass is 609 g/mol. The van der Waals surface area contributed by atoms with E-state index in [1.54, 1.807) is 36.4 Å². The van der Waals surface area contributed by atoms with Crippen LogP contribution in [0.4, 0.5) is 24.5 Å². The molecule has 0 aliphatic carbocycles. The SMILES string of the molecule is O=[N+]([O-])c1cc(C(F)(F)F)ccc1N/N=C\c1ccc(OCc2ccc(Cl)cc2Cl)c(I)c1. The number of halogens is 6. The number of alkyl halides is 3. The van der Waals surface area contributed by atoms with Crippen molar-refractivity contribution in [3.8, 4) is 5.75 Å². The van der Waals surface area contributed by atoms with Gasteiger partial charge in [0.05, 0.1) is 20.3 Å². The number of nitrogens with zero attached hydrogens (tertiary/aromatic N) is 2. The molecule has 3 aromatic carbocycles. The van der Waals surface area contributed by atoms with Gasteiger partial charge in [-0.25, -0.2) is 0 Å². The zero-order chi connectivity index (χ0) is 24.2. The topological polar surface area (TPSA) is 76.8 Å². The molecule has 0 aromatic heterocycles. The summed E-state index contributed by atoms with van der Waals surface area (Å²) in [4.78, 5) is 10.2. The van der Waals surface area contributed by atoms with Crippen LogP contribution in [0.15, 0.2) is 59.7 Å². The second-order valence-corrected chi connectivity index (χ2v) is 8.58. The molecule has 0 fully saturated rings. The molecule has 0 saturated carbocycles. The van der Waals surface area contributed by atoms with Crippen LogP contribution in [0.3, 0.4) is 0 Å². The summed E-state index contributed by atoms with van der Waals surface area (Å²) in [5.74, 6) is 0.602. The molecule has 3 aromatic rings. The Bertz CT molecular complexity index is 1220. The zero-order valence-corrected chi connectivity index (χ0v) is 20.0. The van der Waals surface area contributed by atoms with Crippen LogP contribution in [0.2, 0.25) is 10.0 Å². The van der Waals surface area contributed by atoms with E-state index in [2.05, 4.69) is 33.1 Å². The minimum absolute atomic E-state index is 0.168. The van der Waals surface area contributed by atoms with E-state index in [-0.39, 0.29) is 12.3 Å². The second-order valence-electron chi connectivity index (χ2n) is 6.57. The Labute approximate surface area is 209 Å². The van der Waals surface area contributed by atoms with Gasteiger partial charge in [0.1, 0.15) is 18.0 Å². The predicted octanol–water partition coefficient (Wildman–Crippen LogP) is 7.55. The van der Waals surface area contributed by atoms with Crippen molar-refractivity contribution in [2.75, 3.05) is 5.43 Å².